The number of carbonyl (C=O) groups excluding carboxylic acids is 1. The molecule has 0 amide bonds. The third-order valence-corrected chi connectivity index (χ3v) is 3.09. The van der Waals surface area contributed by atoms with Crippen LogP contribution in [0.3, 0.4) is 0 Å². The van der Waals surface area contributed by atoms with E-state index in [9.17, 15) is 13.6 Å². The summed E-state index contributed by atoms with van der Waals surface area (Å²) in [6, 6.07) is 10.2. The van der Waals surface area contributed by atoms with Gasteiger partial charge in [0.05, 0.1) is 7.11 Å². The minimum Gasteiger partial charge on any atom is -0.466 e. The number of benzene rings is 2. The number of carbonyl (C=O) groups is 1. The summed E-state index contributed by atoms with van der Waals surface area (Å²) in [5, 5.41) is 0. The summed E-state index contributed by atoms with van der Waals surface area (Å²) in [6.45, 7) is 1.72. The molecule has 2 aromatic carbocycles. The van der Waals surface area contributed by atoms with Crippen molar-refractivity contribution in [3.63, 3.8) is 0 Å². The highest BCUT2D eigenvalue weighted by Crippen LogP contribution is 2.27. The molecule has 0 aliphatic heterocycles. The first-order valence-electron chi connectivity index (χ1n) is 6.33. The Balaban J connectivity index is 2.47. The number of halogens is 2. The quantitative estimate of drug-likeness (QED) is 0.624. The fourth-order valence-electron chi connectivity index (χ4n) is 1.97. The standard InChI is InChI=1S/C17H14F2O2/c1-11(8-17(20)21-2)12-6-7-16(19)15(10-12)13-4-3-5-14(18)9-13/h3-10H,1-2H3/b11-8+. The lowest BCUT2D eigenvalue weighted by molar-refractivity contribution is -0.134. The molecule has 21 heavy (non-hydrogen) atoms. The van der Waals surface area contributed by atoms with E-state index in [1.54, 1.807) is 25.1 Å². The molecule has 0 heterocycles. The lowest BCUT2D eigenvalue weighted by Crippen LogP contribution is -1.96. The van der Waals surface area contributed by atoms with Gasteiger partial charge in [-0.3, -0.25) is 0 Å². The van der Waals surface area contributed by atoms with Crippen LogP contribution in [0.1, 0.15) is 12.5 Å². The molecule has 0 aliphatic carbocycles. The Bertz CT molecular complexity index is 706. The van der Waals surface area contributed by atoms with E-state index in [4.69, 9.17) is 0 Å². The molecule has 108 valence electrons. The molecule has 0 aromatic heterocycles. The van der Waals surface area contributed by atoms with E-state index >= 15 is 0 Å². The summed E-state index contributed by atoms with van der Waals surface area (Å²) in [5.74, 6) is -1.36. The molecule has 0 unspecified atom stereocenters. The molecule has 0 radical (unpaired) electrons. The maximum atomic E-state index is 13.9. The maximum absolute atomic E-state index is 13.9. The Morgan fingerprint density at radius 3 is 2.57 bits per heavy atom. The summed E-state index contributed by atoms with van der Waals surface area (Å²) < 4.78 is 31.8. The zero-order valence-electron chi connectivity index (χ0n) is 11.7. The summed E-state index contributed by atoms with van der Waals surface area (Å²) in [7, 11) is 1.29. The Hall–Kier alpha value is -2.49. The van der Waals surface area contributed by atoms with Crippen LogP contribution in [0.5, 0.6) is 0 Å². The minimum absolute atomic E-state index is 0.282. The van der Waals surface area contributed by atoms with Crippen LogP contribution in [0, 0.1) is 11.6 Å². The van der Waals surface area contributed by atoms with E-state index in [2.05, 4.69) is 4.74 Å². The number of methoxy groups -OCH3 is 1. The van der Waals surface area contributed by atoms with Gasteiger partial charge in [0.15, 0.2) is 0 Å². The molecule has 2 nitrogen and oxygen atoms in total. The van der Waals surface area contributed by atoms with Crippen LogP contribution in [0.4, 0.5) is 8.78 Å². The maximum Gasteiger partial charge on any atom is 0.330 e. The molecule has 0 N–H and O–H groups in total. The monoisotopic (exact) mass is 288 g/mol. The van der Waals surface area contributed by atoms with Crippen LogP contribution in [0.2, 0.25) is 0 Å². The number of ether oxygens (including phenoxy) is 1. The number of hydrogen-bond acceptors (Lipinski definition) is 2. The first-order valence-corrected chi connectivity index (χ1v) is 6.33. The van der Waals surface area contributed by atoms with Crippen molar-refractivity contribution in [1.29, 1.82) is 0 Å². The molecule has 2 aromatic rings. The first-order chi connectivity index (χ1) is 10.0. The van der Waals surface area contributed by atoms with Gasteiger partial charge in [0, 0.05) is 11.6 Å². The van der Waals surface area contributed by atoms with Gasteiger partial charge in [0.1, 0.15) is 11.6 Å². The van der Waals surface area contributed by atoms with E-state index in [1.807, 2.05) is 0 Å². The topological polar surface area (TPSA) is 26.3 Å². The molecule has 0 fully saturated rings. The van der Waals surface area contributed by atoms with Gasteiger partial charge in [0.2, 0.25) is 0 Å². The van der Waals surface area contributed by atoms with Gasteiger partial charge in [-0.2, -0.15) is 0 Å². The summed E-state index contributed by atoms with van der Waals surface area (Å²) >= 11 is 0. The SMILES string of the molecule is COC(=O)/C=C(\C)c1ccc(F)c(-c2cccc(F)c2)c1. The second kappa shape index (κ2) is 6.31. The first kappa shape index (κ1) is 14.9. The largest absolute Gasteiger partial charge is 0.466 e. The molecule has 0 bridgehead atoms. The molecular weight excluding hydrogens is 274 g/mol. The number of allylic oxidation sites excluding steroid dienone is 1. The molecule has 0 atom stereocenters. The molecule has 4 heteroatoms. The third kappa shape index (κ3) is 3.54. The van der Waals surface area contributed by atoms with Gasteiger partial charge in [-0.1, -0.05) is 18.2 Å². The Labute approximate surface area is 121 Å². The van der Waals surface area contributed by atoms with Gasteiger partial charge in [-0.15, -0.1) is 0 Å². The smallest absolute Gasteiger partial charge is 0.330 e. The normalized spacial score (nSPS) is 11.3. The average Bonchev–Trinajstić information content (AvgIpc) is 2.47. The van der Waals surface area contributed by atoms with Crippen LogP contribution in [0.15, 0.2) is 48.5 Å². The van der Waals surface area contributed by atoms with Crippen molar-refractivity contribution >= 4 is 11.5 Å². The van der Waals surface area contributed by atoms with Crippen molar-refractivity contribution in [3.05, 3.63) is 65.7 Å². The van der Waals surface area contributed by atoms with Gasteiger partial charge in [-0.05, 0) is 47.9 Å². The summed E-state index contributed by atoms with van der Waals surface area (Å²) in [6.07, 6.45) is 1.32. The highest BCUT2D eigenvalue weighted by Gasteiger charge is 2.09. The number of rotatable bonds is 3. The molecule has 0 saturated carbocycles. The minimum atomic E-state index is -0.482. The number of hydrogen-bond donors (Lipinski definition) is 0. The van der Waals surface area contributed by atoms with E-state index in [-0.39, 0.29) is 5.56 Å². The van der Waals surface area contributed by atoms with Crippen molar-refractivity contribution in [1.82, 2.24) is 0 Å². The van der Waals surface area contributed by atoms with Crippen LogP contribution in [-0.2, 0) is 9.53 Å². The van der Waals surface area contributed by atoms with Gasteiger partial charge in [-0.25, -0.2) is 13.6 Å². The predicted octanol–water partition coefficient (Wildman–Crippen LogP) is 4.21. The second-order valence-corrected chi connectivity index (χ2v) is 4.56. The van der Waals surface area contributed by atoms with Crippen molar-refractivity contribution in [2.75, 3.05) is 7.11 Å². The predicted molar refractivity (Wildman–Crippen MR) is 77.5 cm³/mol. The fourth-order valence-corrected chi connectivity index (χ4v) is 1.97. The highest BCUT2D eigenvalue weighted by molar-refractivity contribution is 5.91. The number of esters is 1. The Morgan fingerprint density at radius 2 is 1.90 bits per heavy atom. The Kier molecular flexibility index (Phi) is 4.48. The van der Waals surface area contributed by atoms with Crippen LogP contribution >= 0.6 is 0 Å². The van der Waals surface area contributed by atoms with E-state index < -0.39 is 17.6 Å². The van der Waals surface area contributed by atoms with E-state index in [0.717, 1.165) is 0 Å². The molecular formula is C17H14F2O2. The van der Waals surface area contributed by atoms with Gasteiger partial charge in [0.25, 0.3) is 0 Å². The van der Waals surface area contributed by atoms with Gasteiger partial charge < -0.3 is 4.74 Å². The zero-order chi connectivity index (χ0) is 15.4. The zero-order valence-corrected chi connectivity index (χ0v) is 11.7. The van der Waals surface area contributed by atoms with Crippen LogP contribution in [0.25, 0.3) is 16.7 Å². The lowest BCUT2D eigenvalue weighted by atomic mass is 9.99. The molecule has 0 spiro atoms. The summed E-state index contributed by atoms with van der Waals surface area (Å²) in [5.41, 5.74) is 2.03. The van der Waals surface area contributed by atoms with Crippen molar-refractivity contribution < 1.29 is 18.3 Å². The van der Waals surface area contributed by atoms with Crippen molar-refractivity contribution in [3.8, 4) is 11.1 Å². The van der Waals surface area contributed by atoms with Gasteiger partial charge >= 0.3 is 5.97 Å². The van der Waals surface area contributed by atoms with E-state index in [1.165, 1.54) is 37.5 Å². The fraction of sp³-hybridized carbons (Fsp3) is 0.118. The average molecular weight is 288 g/mol. The molecule has 0 aliphatic rings. The van der Waals surface area contributed by atoms with Crippen molar-refractivity contribution in [2.24, 2.45) is 0 Å². The van der Waals surface area contributed by atoms with Crippen molar-refractivity contribution in [2.45, 2.75) is 6.92 Å². The molecule has 2 rings (SSSR count). The molecule has 0 saturated heterocycles. The third-order valence-electron chi connectivity index (χ3n) is 3.09. The van der Waals surface area contributed by atoms with Crippen LogP contribution in [-0.4, -0.2) is 13.1 Å². The van der Waals surface area contributed by atoms with Crippen LogP contribution < -0.4 is 0 Å². The second-order valence-electron chi connectivity index (χ2n) is 4.56. The summed E-state index contributed by atoms with van der Waals surface area (Å²) in [4.78, 5) is 11.2. The Morgan fingerprint density at radius 1 is 1.14 bits per heavy atom. The highest BCUT2D eigenvalue weighted by atomic mass is 19.1. The lowest BCUT2D eigenvalue weighted by Gasteiger charge is -2.08. The van der Waals surface area contributed by atoms with E-state index in [0.29, 0.717) is 16.7 Å².